The number of nitrogens with zero attached hydrogens (tertiary/aromatic N) is 6. The maximum atomic E-state index is 14.0. The normalized spacial score (nSPS) is 22.0. The van der Waals surface area contributed by atoms with Gasteiger partial charge in [0, 0.05) is 36.1 Å². The number of aliphatic hydroxyl groups is 3. The number of anilines is 4. The molecule has 16 rings (SSSR count). The Bertz CT molecular complexity index is 5060. The van der Waals surface area contributed by atoms with Gasteiger partial charge in [-0.3, -0.25) is 38.6 Å². The number of benzene rings is 10. The molecule has 2 unspecified atom stereocenters. The topological polar surface area (TPSA) is 219 Å². The number of nitrogens with one attached hydrogen (secondary N) is 3. The van der Waals surface area contributed by atoms with Gasteiger partial charge in [-0.2, -0.15) is 0 Å². The first-order valence-electron chi connectivity index (χ1n) is 35.3. The fourth-order valence-corrected chi connectivity index (χ4v) is 15.6. The van der Waals surface area contributed by atoms with Crippen molar-refractivity contribution in [2.24, 2.45) is 17.8 Å². The highest BCUT2D eigenvalue weighted by atomic mass is 79.9. The Balaban J connectivity index is 0.000000163. The van der Waals surface area contributed by atoms with Gasteiger partial charge in [0.2, 0.25) is 29.5 Å². The first-order chi connectivity index (χ1) is 52.3. The Morgan fingerprint density at radius 3 is 1.27 bits per heavy atom. The molecule has 570 valence electrons. The Morgan fingerprint density at radius 1 is 0.387 bits per heavy atom. The molecule has 0 spiro atoms. The van der Waals surface area contributed by atoms with Crippen molar-refractivity contribution in [3.63, 3.8) is 0 Å². The summed E-state index contributed by atoms with van der Waals surface area (Å²) in [4.78, 5) is 85.5. The van der Waals surface area contributed by atoms with Crippen LogP contribution in [-0.2, 0) is 41.9 Å². The minimum Gasteiger partial charge on any atom is -0.386 e. The summed E-state index contributed by atoms with van der Waals surface area (Å²) in [5.41, 5.74) is 18.7. The van der Waals surface area contributed by atoms with Crippen LogP contribution in [-0.4, -0.2) is 112 Å². The lowest BCUT2D eigenvalue weighted by molar-refractivity contribution is -0.142. The first kappa shape index (κ1) is 81.8. The summed E-state index contributed by atoms with van der Waals surface area (Å²) in [7, 11) is 0. The van der Waals surface area contributed by atoms with Crippen LogP contribution in [0.3, 0.4) is 0 Å². The number of rotatable bonds is 17. The van der Waals surface area contributed by atoms with Crippen LogP contribution in [0.25, 0.3) is 10.8 Å². The molecule has 0 aromatic heterocycles. The van der Waals surface area contributed by atoms with E-state index in [-0.39, 0.29) is 70.8 Å². The standard InChI is InChI=1S/C33H31N3O3.C27H23BrClN3O3.C26H21BrClN3O3.3CH4/c1-21-14-16-25(17-15-21)34-36-29(31(37)26-12-5-3-8-22(26)2)19-18-28-30(36)33(39)35(32(28)38)20-24-11-7-10-23-9-4-6-13-27(23)24;28-19-8-6-18(7-9-19)25(33)23-15-14-22-24(32(23)30-21-12-10-20(29)11-13-21)27(35)31(26(22)34)16-17-4-2-1-3-5-17;27-17-8-6-16(7-9-17)24(32)22-15-14-21-23(31(22)29-19-12-10-18(28)11-13-19)26(34)30(25(21)33)20-4-2-1-3-5-20;;;/h3-19,28-31,34,37H,20H2,1-2H3;1-15,22-25,30,33H,16H2;1-15,21-24,29,32H;3*1H4/t28-,29-,30+,31-;22?,23-,24+,25-;21?,22-,23+,24-;;;/m111.../s1. The fourth-order valence-electron chi connectivity index (χ4n) is 14.8. The van der Waals surface area contributed by atoms with Crippen molar-refractivity contribution in [2.75, 3.05) is 21.2 Å². The molecule has 0 radical (unpaired) electrons. The molecule has 3 saturated heterocycles. The van der Waals surface area contributed by atoms with Crippen LogP contribution in [0.15, 0.2) is 294 Å². The quantitative estimate of drug-likeness (QED) is 0.0369. The summed E-state index contributed by atoms with van der Waals surface area (Å²) in [6, 6.07) is 72.5. The molecule has 3 fully saturated rings. The van der Waals surface area contributed by atoms with E-state index in [1.165, 1.54) is 14.7 Å². The molecule has 6 aliphatic heterocycles. The summed E-state index contributed by atoms with van der Waals surface area (Å²) in [5, 5.41) is 42.6. The van der Waals surface area contributed by atoms with Gasteiger partial charge in [0.15, 0.2) is 0 Å². The maximum absolute atomic E-state index is 14.0. The molecule has 10 aromatic rings. The van der Waals surface area contributed by atoms with Gasteiger partial charge in [-0.25, -0.2) is 19.9 Å². The average Bonchev–Trinajstić information content (AvgIpc) is 1.62. The number of aryl methyl sites for hydroxylation is 2. The van der Waals surface area contributed by atoms with E-state index in [4.69, 9.17) is 23.2 Å². The van der Waals surface area contributed by atoms with Crippen molar-refractivity contribution >= 4 is 124 Å². The van der Waals surface area contributed by atoms with Gasteiger partial charge in [0.05, 0.1) is 66.9 Å². The molecular weight excluding hydrogens is 1570 g/mol. The van der Waals surface area contributed by atoms with Crippen LogP contribution in [0.5, 0.6) is 0 Å². The number of amides is 6. The molecule has 0 saturated carbocycles. The van der Waals surface area contributed by atoms with Crippen molar-refractivity contribution in [3.05, 3.63) is 343 Å². The molecular formula is C89H87Br2Cl2N9O9. The van der Waals surface area contributed by atoms with E-state index in [1.807, 2.05) is 196 Å². The predicted molar refractivity (Wildman–Crippen MR) is 446 cm³/mol. The number of fused-ring (bicyclic) bond motifs is 4. The minimum absolute atomic E-state index is 0. The highest BCUT2D eigenvalue weighted by molar-refractivity contribution is 9.10. The monoisotopic (exact) mass is 1650 g/mol. The predicted octanol–water partition coefficient (Wildman–Crippen LogP) is 17.1. The number of hydrazine groups is 3. The number of hydrogen-bond donors (Lipinski definition) is 6. The van der Waals surface area contributed by atoms with Gasteiger partial charge in [0.25, 0.3) is 5.91 Å². The van der Waals surface area contributed by atoms with Crippen LogP contribution in [0.4, 0.5) is 22.7 Å². The second kappa shape index (κ2) is 35.9. The van der Waals surface area contributed by atoms with Gasteiger partial charge in [-0.15, -0.1) is 0 Å². The second-order valence-electron chi connectivity index (χ2n) is 27.3. The lowest BCUT2D eigenvalue weighted by Gasteiger charge is -2.41. The molecule has 0 aliphatic carbocycles. The first-order valence-corrected chi connectivity index (χ1v) is 37.6. The molecule has 0 bridgehead atoms. The van der Waals surface area contributed by atoms with Crippen molar-refractivity contribution in [2.45, 2.75) is 104 Å². The third kappa shape index (κ3) is 17.3. The number of hydrogen-bond acceptors (Lipinski definition) is 15. The van der Waals surface area contributed by atoms with E-state index >= 15 is 0 Å². The van der Waals surface area contributed by atoms with E-state index in [0.717, 1.165) is 53.2 Å². The molecule has 6 amide bonds. The van der Waals surface area contributed by atoms with E-state index < -0.39 is 72.3 Å². The van der Waals surface area contributed by atoms with Gasteiger partial charge in [-0.05, 0) is 155 Å². The van der Waals surface area contributed by atoms with Crippen molar-refractivity contribution in [1.82, 2.24) is 24.8 Å². The van der Waals surface area contributed by atoms with Crippen molar-refractivity contribution in [3.8, 4) is 0 Å². The molecule has 22 heteroatoms. The molecule has 111 heavy (non-hydrogen) atoms. The highest BCUT2D eigenvalue weighted by Gasteiger charge is 2.57. The smallest absolute Gasteiger partial charge is 0.254 e. The number of carbonyl (C=O) groups is 6. The van der Waals surface area contributed by atoms with Gasteiger partial charge in [-0.1, -0.05) is 271 Å². The zero-order chi connectivity index (χ0) is 75.4. The summed E-state index contributed by atoms with van der Waals surface area (Å²) in [6.07, 6.45) is 7.94. The maximum Gasteiger partial charge on any atom is 0.254 e. The fraction of sp³-hybridized carbons (Fsp3) is 0.213. The number of para-hydroxylation sites is 1. The zero-order valence-electron chi connectivity index (χ0n) is 58.5. The molecule has 6 N–H and O–H groups in total. The Hall–Kier alpha value is -10.2. The van der Waals surface area contributed by atoms with E-state index in [2.05, 4.69) is 48.1 Å². The van der Waals surface area contributed by atoms with Crippen LogP contribution < -0.4 is 21.2 Å². The zero-order valence-corrected chi connectivity index (χ0v) is 63.1. The van der Waals surface area contributed by atoms with E-state index in [1.54, 1.807) is 118 Å². The van der Waals surface area contributed by atoms with Gasteiger partial charge >= 0.3 is 0 Å². The molecule has 6 heterocycles. The SMILES string of the molecule is C.C.C.Cc1ccc(NN2[C@@H]([C@H](O)c3ccccc3C)C=C[C@H]3C(=O)N(Cc4cccc5ccccc45)C(=O)[C@H]32)cc1.O=C1C2C=C[C@H]([C@H](O)c3ccc(Br)cc3)N(Nc3ccc(Cl)cc3)[C@@H]2C(=O)N1Cc1ccccc1.O=C1C2C=C[C@H]([C@H](O)c3ccc(Br)cc3)N(Nc3ccc(Cl)cc3)[C@@H]2C(=O)N1c1ccccc1. The van der Waals surface area contributed by atoms with Crippen molar-refractivity contribution < 1.29 is 44.1 Å². The van der Waals surface area contributed by atoms with Crippen LogP contribution in [0.1, 0.15) is 79.5 Å². The second-order valence-corrected chi connectivity index (χ2v) is 30.0. The lowest BCUT2D eigenvalue weighted by Crippen LogP contribution is -2.55. The van der Waals surface area contributed by atoms with Crippen LogP contribution in [0.2, 0.25) is 10.0 Å². The average molecular weight is 1660 g/mol. The van der Waals surface area contributed by atoms with E-state index in [0.29, 0.717) is 38.2 Å². The Morgan fingerprint density at radius 2 is 0.784 bits per heavy atom. The summed E-state index contributed by atoms with van der Waals surface area (Å²) < 4.78 is 1.80. The van der Waals surface area contributed by atoms with Crippen LogP contribution in [0, 0.1) is 31.6 Å². The lowest BCUT2D eigenvalue weighted by atomic mass is 9.89. The highest BCUT2D eigenvalue weighted by Crippen LogP contribution is 2.42. The molecule has 10 aromatic carbocycles. The number of likely N-dealkylation sites (tertiary alicyclic amines) is 2. The number of carbonyl (C=O) groups excluding carboxylic acids is 6. The largest absolute Gasteiger partial charge is 0.386 e. The van der Waals surface area contributed by atoms with E-state index in [9.17, 15) is 44.1 Å². The third-order valence-corrected chi connectivity index (χ3v) is 21.9. The minimum atomic E-state index is -0.946. The Labute approximate surface area is 674 Å². The number of imide groups is 3. The van der Waals surface area contributed by atoms with Gasteiger partial charge < -0.3 is 31.6 Å². The number of halogens is 4. The summed E-state index contributed by atoms with van der Waals surface area (Å²) in [5.74, 6) is -3.68. The third-order valence-electron chi connectivity index (χ3n) is 20.4. The summed E-state index contributed by atoms with van der Waals surface area (Å²) >= 11 is 18.9. The summed E-state index contributed by atoms with van der Waals surface area (Å²) in [6.45, 7) is 4.37. The Kier molecular flexibility index (Phi) is 26.4. The molecule has 18 nitrogen and oxygen atoms in total. The molecule has 6 aliphatic rings. The van der Waals surface area contributed by atoms with Crippen molar-refractivity contribution in [1.29, 1.82) is 0 Å². The van der Waals surface area contributed by atoms with Crippen LogP contribution >= 0.6 is 55.1 Å². The van der Waals surface area contributed by atoms with Gasteiger partial charge in [0.1, 0.15) is 24.2 Å². The number of aliphatic hydroxyl groups excluding tert-OH is 3. The molecule has 12 atom stereocenters.